The molecule has 1 amide bonds. The molecule has 0 radical (unpaired) electrons. The second kappa shape index (κ2) is 12.5. The smallest absolute Gasteiger partial charge is 0.408 e. The monoisotopic (exact) mass is 538 g/mol. The van der Waals surface area contributed by atoms with Crippen molar-refractivity contribution in [1.29, 1.82) is 0 Å². The van der Waals surface area contributed by atoms with Gasteiger partial charge in [-0.15, -0.1) is 0 Å². The molecule has 0 bridgehead atoms. The van der Waals surface area contributed by atoms with Gasteiger partial charge in [0.1, 0.15) is 18.4 Å². The molecule has 200 valence electrons. The molecule has 0 unspecified atom stereocenters. The Labute approximate surface area is 221 Å². The van der Waals surface area contributed by atoms with Crippen LogP contribution in [0.3, 0.4) is 0 Å². The number of hydrogen-bond acceptors (Lipinski definition) is 8. The molecule has 1 aromatic heterocycles. The maximum absolute atomic E-state index is 12.6. The summed E-state index contributed by atoms with van der Waals surface area (Å²) >= 11 is 0. The van der Waals surface area contributed by atoms with E-state index >= 15 is 0 Å². The van der Waals surface area contributed by atoms with Gasteiger partial charge in [-0.25, -0.2) is 17.9 Å². The number of carbonyl (C=O) groups is 1. The summed E-state index contributed by atoms with van der Waals surface area (Å²) in [4.78, 5) is 17.2. The molecule has 11 heteroatoms. The molecule has 1 heterocycles. The van der Waals surface area contributed by atoms with Crippen molar-refractivity contribution in [2.24, 2.45) is 0 Å². The summed E-state index contributed by atoms with van der Waals surface area (Å²) in [6.45, 7) is 0.404. The minimum Gasteiger partial charge on any atom is -0.496 e. The third-order valence-electron chi connectivity index (χ3n) is 5.87. The summed E-state index contributed by atoms with van der Waals surface area (Å²) in [5, 5.41) is 8.81. The molecular weight excluding hydrogens is 508 g/mol. The number of nitrogens with one attached hydrogen (secondary N) is 2. The fourth-order valence-electron chi connectivity index (χ4n) is 4.03. The lowest BCUT2D eigenvalue weighted by Gasteiger charge is -2.15. The number of nitrogens with zero attached hydrogens (tertiary/aromatic N) is 2. The Kier molecular flexibility index (Phi) is 8.93. The molecule has 4 aromatic rings. The number of rotatable bonds is 12. The number of methoxy groups -OCH3 is 1. The van der Waals surface area contributed by atoms with Crippen LogP contribution in [0, 0.1) is 0 Å². The van der Waals surface area contributed by atoms with Gasteiger partial charge in [0.25, 0.3) is 0 Å². The van der Waals surface area contributed by atoms with Crippen molar-refractivity contribution >= 4 is 26.9 Å². The minimum absolute atomic E-state index is 0.116. The van der Waals surface area contributed by atoms with Crippen LogP contribution in [-0.4, -0.2) is 44.6 Å². The SMILES string of the molecule is COc1ccc(-c2noc([C@H](CCCCNS(C)(=O)=O)NC(=O)OCc3ccccc3)n2)c2ccccc12. The van der Waals surface area contributed by atoms with Crippen LogP contribution in [0.4, 0.5) is 4.79 Å². The number of alkyl carbamates (subject to hydrolysis) is 1. The Morgan fingerprint density at radius 2 is 1.74 bits per heavy atom. The standard InChI is InChI=1S/C27H30N4O6S/c1-35-24-16-15-22(20-12-6-7-13-21(20)24)25-30-26(37-31-25)23(14-8-9-17-28-38(2,33)34)29-27(32)36-18-19-10-4-3-5-11-19/h3-7,10-13,15-16,23,28H,8-9,14,17-18H2,1-2H3,(H,29,32)/t23-/m0/s1. The maximum Gasteiger partial charge on any atom is 0.408 e. The van der Waals surface area contributed by atoms with Gasteiger partial charge in [0.15, 0.2) is 0 Å². The molecule has 0 saturated carbocycles. The number of hydrogen-bond donors (Lipinski definition) is 2. The van der Waals surface area contributed by atoms with Crippen LogP contribution in [0.2, 0.25) is 0 Å². The topological polar surface area (TPSA) is 133 Å². The zero-order chi connectivity index (χ0) is 27.0. The Morgan fingerprint density at radius 1 is 1.00 bits per heavy atom. The number of aromatic nitrogens is 2. The molecule has 38 heavy (non-hydrogen) atoms. The molecule has 1 atom stereocenters. The lowest BCUT2D eigenvalue weighted by Crippen LogP contribution is -2.29. The maximum atomic E-state index is 12.6. The summed E-state index contributed by atoms with van der Waals surface area (Å²) in [5.74, 6) is 1.34. The van der Waals surface area contributed by atoms with E-state index in [9.17, 15) is 13.2 Å². The third-order valence-corrected chi connectivity index (χ3v) is 6.60. The highest BCUT2D eigenvalue weighted by molar-refractivity contribution is 7.88. The molecule has 10 nitrogen and oxygen atoms in total. The predicted molar refractivity (Wildman–Crippen MR) is 143 cm³/mol. The number of amides is 1. The average Bonchev–Trinajstić information content (AvgIpc) is 3.40. The highest BCUT2D eigenvalue weighted by Crippen LogP contribution is 2.33. The lowest BCUT2D eigenvalue weighted by molar-refractivity contribution is 0.132. The van der Waals surface area contributed by atoms with Gasteiger partial charge >= 0.3 is 6.09 Å². The summed E-state index contributed by atoms with van der Waals surface area (Å²) in [6.07, 6.45) is 2.09. The summed E-state index contributed by atoms with van der Waals surface area (Å²) in [5.41, 5.74) is 1.62. The Hall–Kier alpha value is -3.96. The zero-order valence-corrected chi connectivity index (χ0v) is 22.0. The van der Waals surface area contributed by atoms with Gasteiger partial charge in [0.2, 0.25) is 21.7 Å². The highest BCUT2D eigenvalue weighted by Gasteiger charge is 2.23. The number of unbranched alkanes of at least 4 members (excludes halogenated alkanes) is 1. The van der Waals surface area contributed by atoms with Gasteiger partial charge in [-0.2, -0.15) is 4.98 Å². The molecule has 0 spiro atoms. The quantitative estimate of drug-likeness (QED) is 0.250. The fraction of sp³-hybridized carbons (Fsp3) is 0.296. The summed E-state index contributed by atoms with van der Waals surface area (Å²) in [6, 6.07) is 20.2. The van der Waals surface area contributed by atoms with E-state index in [1.54, 1.807) is 7.11 Å². The molecule has 2 N–H and O–H groups in total. The zero-order valence-electron chi connectivity index (χ0n) is 21.2. The first-order chi connectivity index (χ1) is 18.3. The first-order valence-electron chi connectivity index (χ1n) is 12.2. The van der Waals surface area contributed by atoms with Crippen LogP contribution >= 0.6 is 0 Å². The summed E-state index contributed by atoms with van der Waals surface area (Å²) < 4.78 is 41.6. The van der Waals surface area contributed by atoms with Crippen LogP contribution in [0.25, 0.3) is 22.2 Å². The van der Waals surface area contributed by atoms with Gasteiger partial charge in [-0.1, -0.05) is 59.8 Å². The molecule has 0 aliphatic heterocycles. The molecular formula is C27H30N4O6S. The number of sulfonamides is 1. The average molecular weight is 539 g/mol. The van der Waals surface area contributed by atoms with E-state index in [1.165, 1.54) is 0 Å². The van der Waals surface area contributed by atoms with Crippen LogP contribution < -0.4 is 14.8 Å². The van der Waals surface area contributed by atoms with Crippen molar-refractivity contribution in [2.75, 3.05) is 19.9 Å². The second-order valence-corrected chi connectivity index (χ2v) is 10.6. The van der Waals surface area contributed by atoms with Crippen LogP contribution in [0.1, 0.15) is 36.8 Å². The van der Waals surface area contributed by atoms with E-state index < -0.39 is 22.2 Å². The van der Waals surface area contributed by atoms with Crippen LogP contribution in [0.15, 0.2) is 71.3 Å². The van der Waals surface area contributed by atoms with Crippen molar-refractivity contribution < 1.29 is 27.2 Å². The Morgan fingerprint density at radius 3 is 2.47 bits per heavy atom. The van der Waals surface area contributed by atoms with E-state index in [0.29, 0.717) is 25.1 Å². The fourth-order valence-corrected chi connectivity index (χ4v) is 4.54. The van der Waals surface area contributed by atoms with E-state index in [4.69, 9.17) is 14.0 Å². The molecule has 0 aliphatic rings. The van der Waals surface area contributed by atoms with Crippen molar-refractivity contribution in [3.8, 4) is 17.1 Å². The van der Waals surface area contributed by atoms with Gasteiger partial charge in [0, 0.05) is 17.5 Å². The van der Waals surface area contributed by atoms with Crippen molar-refractivity contribution in [3.63, 3.8) is 0 Å². The predicted octanol–water partition coefficient (Wildman–Crippen LogP) is 4.59. The molecule has 4 rings (SSSR count). The second-order valence-electron chi connectivity index (χ2n) is 8.74. The molecule has 0 saturated heterocycles. The molecule has 0 fully saturated rings. The van der Waals surface area contributed by atoms with Crippen LogP contribution in [-0.2, 0) is 21.4 Å². The van der Waals surface area contributed by atoms with Crippen molar-refractivity contribution in [2.45, 2.75) is 31.9 Å². The third kappa shape index (κ3) is 7.30. The first kappa shape index (κ1) is 27.1. The van der Waals surface area contributed by atoms with E-state index in [2.05, 4.69) is 20.2 Å². The van der Waals surface area contributed by atoms with Crippen molar-refractivity contribution in [1.82, 2.24) is 20.2 Å². The lowest BCUT2D eigenvalue weighted by atomic mass is 10.0. The Bertz CT molecular complexity index is 1470. The van der Waals surface area contributed by atoms with Gasteiger partial charge in [0.05, 0.1) is 13.4 Å². The minimum atomic E-state index is -3.27. The normalized spacial score (nSPS) is 12.3. The van der Waals surface area contributed by atoms with Gasteiger partial charge in [-0.3, -0.25) is 0 Å². The Balaban J connectivity index is 1.51. The largest absolute Gasteiger partial charge is 0.496 e. The van der Waals surface area contributed by atoms with Gasteiger partial charge in [-0.05, 0) is 42.3 Å². The summed E-state index contributed by atoms with van der Waals surface area (Å²) in [7, 11) is -1.65. The number of benzene rings is 3. The van der Waals surface area contributed by atoms with Crippen molar-refractivity contribution in [3.05, 3.63) is 78.2 Å². The number of ether oxygens (including phenoxy) is 2. The van der Waals surface area contributed by atoms with E-state index in [-0.39, 0.29) is 19.0 Å². The number of carbonyl (C=O) groups excluding carboxylic acids is 1. The highest BCUT2D eigenvalue weighted by atomic mass is 32.2. The number of fused-ring (bicyclic) bond motifs is 1. The molecule has 0 aliphatic carbocycles. The van der Waals surface area contributed by atoms with Crippen LogP contribution in [0.5, 0.6) is 5.75 Å². The van der Waals surface area contributed by atoms with E-state index in [0.717, 1.165) is 33.9 Å². The van der Waals surface area contributed by atoms with E-state index in [1.807, 2.05) is 66.7 Å². The molecule has 3 aromatic carbocycles. The first-order valence-corrected chi connectivity index (χ1v) is 14.0. The van der Waals surface area contributed by atoms with Gasteiger partial charge < -0.3 is 19.3 Å².